The summed E-state index contributed by atoms with van der Waals surface area (Å²) in [5.41, 5.74) is 0.468. The molecule has 2 saturated heterocycles. The Morgan fingerprint density at radius 1 is 1.24 bits per heavy atom. The van der Waals surface area contributed by atoms with Crippen LogP contribution in [0.2, 0.25) is 0 Å². The molecule has 1 unspecified atom stereocenters. The number of aliphatic carboxylic acids is 1. The normalized spacial score (nSPS) is 20.8. The molecule has 1 spiro atoms. The van der Waals surface area contributed by atoms with Gasteiger partial charge in [-0.15, -0.1) is 0 Å². The van der Waals surface area contributed by atoms with Gasteiger partial charge in [-0.25, -0.2) is 0 Å². The van der Waals surface area contributed by atoms with Crippen molar-refractivity contribution in [2.45, 2.75) is 32.1 Å². The molecule has 29 heavy (non-hydrogen) atoms. The highest BCUT2D eigenvalue weighted by molar-refractivity contribution is 5.79. The molecular formula is C20H24N4O5. The Hall–Kier alpha value is -2.81. The first-order valence-corrected chi connectivity index (χ1v) is 9.89. The lowest BCUT2D eigenvalue weighted by atomic mass is 9.72. The van der Waals surface area contributed by atoms with Gasteiger partial charge >= 0.3 is 5.97 Å². The summed E-state index contributed by atoms with van der Waals surface area (Å²) in [5.74, 6) is -0.381. The van der Waals surface area contributed by atoms with Gasteiger partial charge in [-0.1, -0.05) is 5.16 Å². The van der Waals surface area contributed by atoms with Crippen molar-refractivity contribution in [2.24, 2.45) is 11.3 Å². The van der Waals surface area contributed by atoms with E-state index in [9.17, 15) is 14.7 Å². The number of likely N-dealkylation sites (tertiary alicyclic amines) is 1. The van der Waals surface area contributed by atoms with Crippen LogP contribution in [0.3, 0.4) is 0 Å². The van der Waals surface area contributed by atoms with Crippen LogP contribution in [0.5, 0.6) is 0 Å². The minimum Gasteiger partial charge on any atom is -0.481 e. The third-order valence-electron chi connectivity index (χ3n) is 5.98. The fourth-order valence-corrected chi connectivity index (χ4v) is 4.31. The van der Waals surface area contributed by atoms with Gasteiger partial charge in [0.05, 0.1) is 5.92 Å². The van der Waals surface area contributed by atoms with E-state index in [0.717, 1.165) is 5.56 Å². The number of ether oxygens (including phenoxy) is 1. The number of aryl methyl sites for hydroxylation is 1. The van der Waals surface area contributed by atoms with Gasteiger partial charge in [0.15, 0.2) is 0 Å². The Bertz CT molecular complexity index is 863. The lowest BCUT2D eigenvalue weighted by molar-refractivity contribution is -0.146. The second-order valence-corrected chi connectivity index (χ2v) is 7.74. The molecule has 1 amide bonds. The number of hydrogen-bond acceptors (Lipinski definition) is 7. The highest BCUT2D eigenvalue weighted by Crippen LogP contribution is 2.44. The van der Waals surface area contributed by atoms with Gasteiger partial charge in [0, 0.05) is 62.5 Å². The molecule has 154 valence electrons. The topological polar surface area (TPSA) is 119 Å². The lowest BCUT2D eigenvalue weighted by Gasteiger charge is -2.36. The average molecular weight is 400 g/mol. The quantitative estimate of drug-likeness (QED) is 0.780. The molecule has 0 bridgehead atoms. The molecule has 4 rings (SSSR count). The van der Waals surface area contributed by atoms with E-state index in [1.807, 2.05) is 0 Å². The molecule has 2 aromatic rings. The second-order valence-electron chi connectivity index (χ2n) is 7.74. The van der Waals surface area contributed by atoms with Crippen molar-refractivity contribution >= 4 is 11.9 Å². The fraction of sp³-hybridized carbons (Fsp3) is 0.550. The number of aromatic nitrogens is 3. The van der Waals surface area contributed by atoms with Crippen LogP contribution in [0, 0.1) is 11.3 Å². The Morgan fingerprint density at radius 3 is 2.72 bits per heavy atom. The Kier molecular flexibility index (Phi) is 5.57. The zero-order valence-corrected chi connectivity index (χ0v) is 16.1. The maximum absolute atomic E-state index is 12.7. The van der Waals surface area contributed by atoms with E-state index >= 15 is 0 Å². The van der Waals surface area contributed by atoms with Crippen LogP contribution < -0.4 is 0 Å². The van der Waals surface area contributed by atoms with Crippen LogP contribution in [0.1, 0.15) is 31.6 Å². The predicted octanol–water partition coefficient (Wildman–Crippen LogP) is 1.79. The van der Waals surface area contributed by atoms with E-state index in [1.54, 1.807) is 29.4 Å². The molecule has 2 aromatic heterocycles. The fourth-order valence-electron chi connectivity index (χ4n) is 4.31. The Balaban J connectivity index is 1.31. The molecule has 0 radical (unpaired) electrons. The molecular weight excluding hydrogens is 376 g/mol. The molecule has 1 N–H and O–H groups in total. The van der Waals surface area contributed by atoms with E-state index in [1.165, 1.54) is 0 Å². The highest BCUT2D eigenvalue weighted by Gasteiger charge is 2.51. The molecule has 0 aromatic carbocycles. The SMILES string of the molecule is O=C(O)C1CN(C(=O)CCCc2nc(-c3ccncc3)no2)CC12CCOCC2. The zero-order valence-electron chi connectivity index (χ0n) is 16.1. The van der Waals surface area contributed by atoms with Crippen molar-refractivity contribution in [1.29, 1.82) is 0 Å². The van der Waals surface area contributed by atoms with E-state index in [2.05, 4.69) is 15.1 Å². The first-order valence-electron chi connectivity index (χ1n) is 9.89. The summed E-state index contributed by atoms with van der Waals surface area (Å²) in [7, 11) is 0. The van der Waals surface area contributed by atoms with Gasteiger partial charge in [-0.2, -0.15) is 4.98 Å². The van der Waals surface area contributed by atoms with E-state index < -0.39 is 11.9 Å². The van der Waals surface area contributed by atoms with Crippen molar-refractivity contribution < 1.29 is 24.0 Å². The first kappa shape index (κ1) is 19.5. The Labute approximate surface area is 168 Å². The molecule has 2 fully saturated rings. The van der Waals surface area contributed by atoms with Crippen molar-refractivity contribution in [3.63, 3.8) is 0 Å². The average Bonchev–Trinajstić information content (AvgIpc) is 3.35. The third-order valence-corrected chi connectivity index (χ3v) is 5.98. The molecule has 2 aliphatic heterocycles. The molecule has 1 atom stereocenters. The summed E-state index contributed by atoms with van der Waals surface area (Å²) < 4.78 is 10.7. The summed E-state index contributed by atoms with van der Waals surface area (Å²) in [6, 6.07) is 3.60. The summed E-state index contributed by atoms with van der Waals surface area (Å²) >= 11 is 0. The number of carbonyl (C=O) groups is 2. The number of carboxylic acid groups (broad SMARTS) is 1. The molecule has 0 saturated carbocycles. The number of carboxylic acids is 1. The van der Waals surface area contributed by atoms with E-state index in [4.69, 9.17) is 9.26 Å². The van der Waals surface area contributed by atoms with Crippen LogP contribution in [-0.4, -0.2) is 63.3 Å². The predicted molar refractivity (Wildman–Crippen MR) is 101 cm³/mol. The van der Waals surface area contributed by atoms with Crippen molar-refractivity contribution in [2.75, 3.05) is 26.3 Å². The molecule has 0 aliphatic carbocycles. The number of hydrogen-bond donors (Lipinski definition) is 1. The summed E-state index contributed by atoms with van der Waals surface area (Å²) in [6.45, 7) is 1.89. The van der Waals surface area contributed by atoms with Crippen LogP contribution in [0.25, 0.3) is 11.4 Å². The number of carbonyl (C=O) groups excluding carboxylic acids is 1. The molecule has 4 heterocycles. The van der Waals surface area contributed by atoms with Crippen molar-refractivity contribution in [3.8, 4) is 11.4 Å². The largest absolute Gasteiger partial charge is 0.481 e. The minimum atomic E-state index is -0.822. The number of rotatable bonds is 6. The van der Waals surface area contributed by atoms with Crippen molar-refractivity contribution in [3.05, 3.63) is 30.4 Å². The van der Waals surface area contributed by atoms with Gasteiger partial charge in [0.2, 0.25) is 17.6 Å². The van der Waals surface area contributed by atoms with Gasteiger partial charge < -0.3 is 19.3 Å². The Morgan fingerprint density at radius 2 is 2.00 bits per heavy atom. The number of nitrogens with zero attached hydrogens (tertiary/aromatic N) is 4. The van der Waals surface area contributed by atoms with Gasteiger partial charge in [-0.05, 0) is 31.4 Å². The standard InChI is InChI=1S/C20H24N4O5/c25-17(24-12-15(19(26)27)20(13-24)6-10-28-11-7-20)3-1-2-16-22-18(23-29-16)14-4-8-21-9-5-14/h4-5,8-9,15H,1-3,6-7,10-13H2,(H,26,27). The third kappa shape index (κ3) is 4.14. The monoisotopic (exact) mass is 400 g/mol. The van der Waals surface area contributed by atoms with Crippen molar-refractivity contribution in [1.82, 2.24) is 20.0 Å². The number of amides is 1. The summed E-state index contributed by atoms with van der Waals surface area (Å²) in [6.07, 6.45) is 6.10. The summed E-state index contributed by atoms with van der Waals surface area (Å²) in [4.78, 5) is 34.5. The molecule has 9 nitrogen and oxygen atoms in total. The minimum absolute atomic E-state index is 0.0199. The van der Waals surface area contributed by atoms with Gasteiger partial charge in [0.25, 0.3) is 0 Å². The second kappa shape index (κ2) is 8.28. The van der Waals surface area contributed by atoms with Crippen LogP contribution in [0.15, 0.2) is 29.0 Å². The maximum atomic E-state index is 12.7. The van der Waals surface area contributed by atoms with E-state index in [-0.39, 0.29) is 17.9 Å². The van der Waals surface area contributed by atoms with Gasteiger partial charge in [0.1, 0.15) is 0 Å². The van der Waals surface area contributed by atoms with E-state index in [0.29, 0.717) is 63.6 Å². The highest BCUT2D eigenvalue weighted by atomic mass is 16.5. The number of pyridine rings is 1. The molecule has 9 heteroatoms. The smallest absolute Gasteiger partial charge is 0.308 e. The van der Waals surface area contributed by atoms with Crippen LogP contribution >= 0.6 is 0 Å². The first-order chi connectivity index (χ1) is 14.1. The molecule has 2 aliphatic rings. The van der Waals surface area contributed by atoms with Crippen LogP contribution in [0.4, 0.5) is 0 Å². The van der Waals surface area contributed by atoms with Crippen LogP contribution in [-0.2, 0) is 20.7 Å². The van der Waals surface area contributed by atoms with Gasteiger partial charge in [-0.3, -0.25) is 14.6 Å². The summed E-state index contributed by atoms with van der Waals surface area (Å²) in [5, 5.41) is 13.6. The maximum Gasteiger partial charge on any atom is 0.308 e. The zero-order chi connectivity index (χ0) is 20.3. The lowest BCUT2D eigenvalue weighted by Crippen LogP contribution is -2.40.